The van der Waals surface area contributed by atoms with Gasteiger partial charge in [0.2, 0.25) is 0 Å². The molecule has 2 N–H and O–H groups in total. The number of pyridine rings is 1. The number of halogens is 3. The highest BCUT2D eigenvalue weighted by Crippen LogP contribution is 2.30. The monoisotopic (exact) mass is 443 g/mol. The molecule has 0 unspecified atom stereocenters. The van der Waals surface area contributed by atoms with Gasteiger partial charge < -0.3 is 9.88 Å². The molecule has 1 aromatic carbocycles. The van der Waals surface area contributed by atoms with Crippen LogP contribution in [0.4, 0.5) is 15.8 Å². The van der Waals surface area contributed by atoms with Gasteiger partial charge >= 0.3 is 0 Å². The predicted octanol–water partition coefficient (Wildman–Crippen LogP) is 3.76. The second-order valence-electron chi connectivity index (χ2n) is 6.08. The van der Waals surface area contributed by atoms with Gasteiger partial charge in [0.25, 0.3) is 11.5 Å². The number of aromatic nitrogens is 1. The van der Waals surface area contributed by atoms with Crippen molar-refractivity contribution >= 4 is 44.8 Å². The summed E-state index contributed by atoms with van der Waals surface area (Å²) >= 11 is 9.30. The van der Waals surface area contributed by atoms with Gasteiger partial charge in [-0.2, -0.15) is 0 Å². The third-order valence-corrected chi connectivity index (χ3v) is 4.78. The number of hydrogen-bond acceptors (Lipinski definition) is 4. The normalized spacial score (nSPS) is 13.5. The Labute approximate surface area is 162 Å². The summed E-state index contributed by atoms with van der Waals surface area (Å²) in [6.45, 7) is 0.426. The van der Waals surface area contributed by atoms with Gasteiger partial charge in [-0.15, -0.1) is 0 Å². The Morgan fingerprint density at radius 1 is 1.46 bits per heavy atom. The van der Waals surface area contributed by atoms with Gasteiger partial charge in [0, 0.05) is 17.7 Å². The molecule has 1 aromatic heterocycles. The lowest BCUT2D eigenvalue weighted by atomic mass is 10.2. The molecule has 0 aliphatic heterocycles. The van der Waals surface area contributed by atoms with E-state index in [2.05, 4.69) is 26.7 Å². The number of carbonyl (C=O) groups is 1. The smallest absolute Gasteiger partial charge is 0.278 e. The molecule has 3 rings (SSSR count). The predicted molar refractivity (Wildman–Crippen MR) is 100 cm³/mol. The van der Waals surface area contributed by atoms with Gasteiger partial charge in [-0.05, 0) is 37.0 Å². The number of nitrogens with one attached hydrogen (secondary N) is 2. The van der Waals surface area contributed by atoms with Crippen LogP contribution >= 0.6 is 27.5 Å². The maximum absolute atomic E-state index is 14.1. The summed E-state index contributed by atoms with van der Waals surface area (Å²) in [6.07, 6.45) is 3.48. The van der Waals surface area contributed by atoms with Crippen molar-refractivity contribution in [3.8, 4) is 0 Å². The summed E-state index contributed by atoms with van der Waals surface area (Å²) in [5, 5.41) is 2.52. The van der Waals surface area contributed by atoms with E-state index in [1.54, 1.807) is 6.07 Å². The molecule has 1 saturated carbocycles. The average Bonchev–Trinajstić information content (AvgIpc) is 3.41. The van der Waals surface area contributed by atoms with E-state index >= 15 is 0 Å². The molecule has 0 radical (unpaired) electrons. The molecular formula is C17H16BrClFN3O3. The SMILES string of the molecule is Cn1cc(C(=O)NOCC2CC2)c(Nc2ccc(Br)cc2F)c(Cl)c1=O. The summed E-state index contributed by atoms with van der Waals surface area (Å²) in [5.41, 5.74) is 1.99. The number of hydrogen-bond donors (Lipinski definition) is 2. The number of aryl methyl sites for hydroxylation is 1. The molecular weight excluding hydrogens is 429 g/mol. The molecule has 0 atom stereocenters. The van der Waals surface area contributed by atoms with Gasteiger partial charge in [0.05, 0.1) is 23.5 Å². The van der Waals surface area contributed by atoms with Crippen LogP contribution in [-0.2, 0) is 11.9 Å². The van der Waals surface area contributed by atoms with E-state index in [0.717, 1.165) is 12.8 Å². The molecule has 1 amide bonds. The first kappa shape index (κ1) is 18.9. The maximum atomic E-state index is 14.1. The molecule has 1 heterocycles. The average molecular weight is 445 g/mol. The van der Waals surface area contributed by atoms with E-state index in [4.69, 9.17) is 16.4 Å². The van der Waals surface area contributed by atoms with Crippen molar-refractivity contribution < 1.29 is 14.0 Å². The Kier molecular flexibility index (Phi) is 5.64. The van der Waals surface area contributed by atoms with Crippen LogP contribution in [0.25, 0.3) is 0 Å². The zero-order valence-corrected chi connectivity index (χ0v) is 16.2. The number of hydroxylamine groups is 1. The van der Waals surface area contributed by atoms with Gasteiger partial charge in [0.15, 0.2) is 0 Å². The number of anilines is 2. The van der Waals surface area contributed by atoms with Crippen LogP contribution in [0, 0.1) is 11.7 Å². The van der Waals surface area contributed by atoms with Crippen LogP contribution in [0.1, 0.15) is 23.2 Å². The zero-order valence-electron chi connectivity index (χ0n) is 13.8. The minimum absolute atomic E-state index is 0.0171. The zero-order chi connectivity index (χ0) is 18.8. The van der Waals surface area contributed by atoms with E-state index in [0.29, 0.717) is 17.0 Å². The Morgan fingerprint density at radius 2 is 2.19 bits per heavy atom. The highest BCUT2D eigenvalue weighted by Gasteiger charge is 2.23. The van der Waals surface area contributed by atoms with Crippen molar-refractivity contribution in [1.29, 1.82) is 0 Å². The van der Waals surface area contributed by atoms with Crippen LogP contribution in [0.5, 0.6) is 0 Å². The topological polar surface area (TPSA) is 72.4 Å². The highest BCUT2D eigenvalue weighted by molar-refractivity contribution is 9.10. The number of benzene rings is 1. The quantitative estimate of drug-likeness (QED) is 0.666. The maximum Gasteiger partial charge on any atom is 0.278 e. The van der Waals surface area contributed by atoms with E-state index in [9.17, 15) is 14.0 Å². The molecule has 0 bridgehead atoms. The number of nitrogens with zero attached hydrogens (tertiary/aromatic N) is 1. The van der Waals surface area contributed by atoms with Gasteiger partial charge in [0.1, 0.15) is 10.8 Å². The van der Waals surface area contributed by atoms with Crippen LogP contribution in [0.3, 0.4) is 0 Å². The van der Waals surface area contributed by atoms with Crippen molar-refractivity contribution in [3.05, 3.63) is 55.6 Å². The highest BCUT2D eigenvalue weighted by atomic mass is 79.9. The van der Waals surface area contributed by atoms with E-state index < -0.39 is 17.3 Å². The molecule has 9 heteroatoms. The van der Waals surface area contributed by atoms with Crippen molar-refractivity contribution in [1.82, 2.24) is 10.0 Å². The molecule has 6 nitrogen and oxygen atoms in total. The van der Waals surface area contributed by atoms with E-state index in [1.807, 2.05) is 0 Å². The first-order chi connectivity index (χ1) is 12.4. The molecule has 138 valence electrons. The van der Waals surface area contributed by atoms with Gasteiger partial charge in [-0.1, -0.05) is 27.5 Å². The minimum atomic E-state index is -0.580. The van der Waals surface area contributed by atoms with Crippen molar-refractivity contribution in [3.63, 3.8) is 0 Å². The van der Waals surface area contributed by atoms with Gasteiger partial charge in [-0.3, -0.25) is 14.4 Å². The van der Waals surface area contributed by atoms with E-state index in [-0.39, 0.29) is 22.0 Å². The second-order valence-corrected chi connectivity index (χ2v) is 7.38. The Balaban J connectivity index is 1.92. The largest absolute Gasteiger partial charge is 0.351 e. The number of rotatable bonds is 6. The van der Waals surface area contributed by atoms with Crippen LogP contribution in [0.15, 0.2) is 33.7 Å². The fourth-order valence-electron chi connectivity index (χ4n) is 2.28. The fourth-order valence-corrected chi connectivity index (χ4v) is 2.90. The Morgan fingerprint density at radius 3 is 2.85 bits per heavy atom. The van der Waals surface area contributed by atoms with Gasteiger partial charge in [-0.25, -0.2) is 9.87 Å². The summed E-state index contributed by atoms with van der Waals surface area (Å²) in [6, 6.07) is 4.35. The fraction of sp³-hybridized carbons (Fsp3) is 0.294. The summed E-state index contributed by atoms with van der Waals surface area (Å²) in [5.74, 6) is -0.677. The minimum Gasteiger partial charge on any atom is -0.351 e. The third kappa shape index (κ3) is 4.25. The molecule has 26 heavy (non-hydrogen) atoms. The molecule has 2 aromatic rings. The lowest BCUT2D eigenvalue weighted by Gasteiger charge is -2.15. The molecule has 1 aliphatic rings. The molecule has 0 saturated heterocycles. The summed E-state index contributed by atoms with van der Waals surface area (Å²) in [7, 11) is 1.47. The van der Waals surface area contributed by atoms with Crippen LogP contribution < -0.4 is 16.4 Å². The second kappa shape index (κ2) is 7.77. The first-order valence-electron chi connectivity index (χ1n) is 7.90. The number of amides is 1. The van der Waals surface area contributed by atoms with Crippen molar-refractivity contribution in [2.45, 2.75) is 12.8 Å². The lowest BCUT2D eigenvalue weighted by molar-refractivity contribution is 0.0270. The van der Waals surface area contributed by atoms with Crippen molar-refractivity contribution in [2.75, 3.05) is 11.9 Å². The number of carbonyl (C=O) groups excluding carboxylic acids is 1. The van der Waals surface area contributed by atoms with Crippen LogP contribution in [0.2, 0.25) is 5.02 Å². The molecule has 1 fully saturated rings. The Hall–Kier alpha value is -1.90. The third-order valence-electron chi connectivity index (χ3n) is 3.94. The first-order valence-corrected chi connectivity index (χ1v) is 9.07. The Bertz CT molecular complexity index is 915. The molecule has 1 aliphatic carbocycles. The molecule has 0 spiro atoms. The van der Waals surface area contributed by atoms with E-state index in [1.165, 1.54) is 29.9 Å². The van der Waals surface area contributed by atoms with Crippen molar-refractivity contribution in [2.24, 2.45) is 13.0 Å². The lowest BCUT2D eigenvalue weighted by Crippen LogP contribution is -2.28. The summed E-state index contributed by atoms with van der Waals surface area (Å²) in [4.78, 5) is 29.8. The van der Waals surface area contributed by atoms with Crippen LogP contribution in [-0.4, -0.2) is 17.1 Å². The standard InChI is InChI=1S/C17H16BrClFN3O3/c1-23-7-11(16(24)22-26-8-9-2-3-9)15(14(19)17(23)25)21-13-5-4-10(18)6-12(13)20/h4-7,9,21H,2-3,8H2,1H3,(H,22,24). The summed E-state index contributed by atoms with van der Waals surface area (Å²) < 4.78 is 15.9.